The molecule has 1 amide bonds. The zero-order valence-corrected chi connectivity index (χ0v) is 22.9. The Kier molecular flexibility index (Phi) is 6.97. The van der Waals surface area contributed by atoms with E-state index in [1.54, 1.807) is 12.4 Å². The van der Waals surface area contributed by atoms with E-state index in [-0.39, 0.29) is 5.91 Å². The molecule has 0 radical (unpaired) electrons. The lowest BCUT2D eigenvalue weighted by Crippen LogP contribution is -2.36. The summed E-state index contributed by atoms with van der Waals surface area (Å²) in [5, 5.41) is 13.1. The summed E-state index contributed by atoms with van der Waals surface area (Å²) in [5.41, 5.74) is 5.89. The summed E-state index contributed by atoms with van der Waals surface area (Å²) in [4.78, 5) is 23.9. The first-order valence-corrected chi connectivity index (χ1v) is 14.4. The molecule has 0 bridgehead atoms. The molecule has 0 spiro atoms. The van der Waals surface area contributed by atoms with Crippen LogP contribution in [0, 0.1) is 6.92 Å². The zero-order valence-electron chi connectivity index (χ0n) is 20.5. The summed E-state index contributed by atoms with van der Waals surface area (Å²) in [6.45, 7) is 3.36. The van der Waals surface area contributed by atoms with Crippen molar-refractivity contribution in [3.8, 4) is 17.1 Å². The number of thioether (sulfide) groups is 1. The van der Waals surface area contributed by atoms with E-state index in [0.717, 1.165) is 33.4 Å². The van der Waals surface area contributed by atoms with Crippen molar-refractivity contribution in [1.29, 1.82) is 0 Å². The van der Waals surface area contributed by atoms with Crippen LogP contribution in [-0.2, 0) is 18.7 Å². The first kappa shape index (κ1) is 24.8. The maximum atomic E-state index is 13.2. The Hall–Kier alpha value is -3.53. The molecule has 4 heterocycles. The van der Waals surface area contributed by atoms with Gasteiger partial charge in [-0.1, -0.05) is 53.7 Å². The van der Waals surface area contributed by atoms with Gasteiger partial charge in [-0.2, -0.15) is 0 Å². The van der Waals surface area contributed by atoms with Crippen molar-refractivity contribution in [1.82, 2.24) is 29.6 Å². The van der Waals surface area contributed by atoms with Crippen molar-refractivity contribution in [3.05, 3.63) is 105 Å². The Labute approximate surface area is 233 Å². The highest BCUT2D eigenvalue weighted by Gasteiger charge is 2.24. The van der Waals surface area contributed by atoms with Crippen LogP contribution in [0.25, 0.3) is 17.1 Å². The van der Waals surface area contributed by atoms with Gasteiger partial charge in [0, 0.05) is 41.4 Å². The van der Waals surface area contributed by atoms with Crippen LogP contribution >= 0.6 is 34.7 Å². The summed E-state index contributed by atoms with van der Waals surface area (Å²) in [6.07, 6.45) is 4.34. The lowest BCUT2D eigenvalue weighted by Gasteiger charge is -2.28. The SMILES string of the molecule is Cc1ccc(Cl)cc1-n1c(SCc2nc(C(=O)N3CCc4ccccc4C3)cs2)nnc1-c1ccncc1. The summed E-state index contributed by atoms with van der Waals surface area (Å²) in [6, 6.07) is 17.9. The molecule has 38 heavy (non-hydrogen) atoms. The average molecular weight is 559 g/mol. The number of nitrogens with zero attached hydrogens (tertiary/aromatic N) is 6. The van der Waals surface area contributed by atoms with E-state index in [1.165, 1.54) is 34.2 Å². The Morgan fingerprint density at radius 3 is 2.74 bits per heavy atom. The van der Waals surface area contributed by atoms with Crippen molar-refractivity contribution >= 4 is 40.6 Å². The monoisotopic (exact) mass is 558 g/mol. The summed E-state index contributed by atoms with van der Waals surface area (Å²) >= 11 is 9.39. The first-order chi connectivity index (χ1) is 18.6. The molecule has 10 heteroatoms. The van der Waals surface area contributed by atoms with Crippen LogP contribution in [0.4, 0.5) is 0 Å². The van der Waals surface area contributed by atoms with E-state index in [9.17, 15) is 4.79 Å². The van der Waals surface area contributed by atoms with Crippen molar-refractivity contribution in [3.63, 3.8) is 0 Å². The summed E-state index contributed by atoms with van der Waals surface area (Å²) < 4.78 is 2.02. The molecule has 0 atom stereocenters. The second-order valence-corrected chi connectivity index (χ2v) is 11.3. The average Bonchev–Trinajstić information content (AvgIpc) is 3.60. The van der Waals surface area contributed by atoms with Gasteiger partial charge < -0.3 is 4.90 Å². The normalized spacial score (nSPS) is 12.9. The van der Waals surface area contributed by atoms with E-state index in [2.05, 4.69) is 38.4 Å². The number of carbonyl (C=O) groups is 1. The summed E-state index contributed by atoms with van der Waals surface area (Å²) in [5.74, 6) is 1.25. The maximum absolute atomic E-state index is 13.2. The van der Waals surface area contributed by atoms with E-state index in [4.69, 9.17) is 11.6 Å². The third-order valence-electron chi connectivity index (χ3n) is 6.50. The van der Waals surface area contributed by atoms with Gasteiger partial charge in [0.05, 0.1) is 11.4 Å². The maximum Gasteiger partial charge on any atom is 0.273 e. The molecule has 0 unspecified atom stereocenters. The van der Waals surface area contributed by atoms with Crippen molar-refractivity contribution in [2.45, 2.75) is 30.8 Å². The van der Waals surface area contributed by atoms with Gasteiger partial charge in [-0.25, -0.2) is 4.98 Å². The lowest BCUT2D eigenvalue weighted by atomic mass is 10.00. The number of rotatable bonds is 6. The molecule has 0 aliphatic carbocycles. The van der Waals surface area contributed by atoms with Gasteiger partial charge >= 0.3 is 0 Å². The number of carbonyl (C=O) groups excluding carboxylic acids is 1. The molecule has 0 saturated heterocycles. The molecule has 190 valence electrons. The van der Waals surface area contributed by atoms with Crippen LogP contribution in [-0.4, -0.2) is 42.1 Å². The predicted octanol–water partition coefficient (Wildman–Crippen LogP) is 6.24. The van der Waals surface area contributed by atoms with Gasteiger partial charge in [-0.3, -0.25) is 14.3 Å². The van der Waals surface area contributed by atoms with Gasteiger partial charge in [0.1, 0.15) is 10.7 Å². The second-order valence-electron chi connectivity index (χ2n) is 8.97. The topological polar surface area (TPSA) is 76.8 Å². The van der Waals surface area contributed by atoms with E-state index < -0.39 is 0 Å². The molecular formula is C28H23ClN6OS2. The van der Waals surface area contributed by atoms with Gasteiger partial charge in [-0.05, 0) is 54.3 Å². The van der Waals surface area contributed by atoms with Gasteiger partial charge in [0.2, 0.25) is 0 Å². The molecule has 7 nitrogen and oxygen atoms in total. The fraction of sp³-hybridized carbons (Fsp3) is 0.179. The lowest BCUT2D eigenvalue weighted by molar-refractivity contribution is 0.0729. The number of pyridine rings is 1. The van der Waals surface area contributed by atoms with E-state index in [1.807, 2.05) is 58.2 Å². The molecule has 6 rings (SSSR count). The molecule has 1 aliphatic rings. The third kappa shape index (κ3) is 4.97. The summed E-state index contributed by atoms with van der Waals surface area (Å²) in [7, 11) is 0. The van der Waals surface area contributed by atoms with E-state index in [0.29, 0.717) is 35.4 Å². The van der Waals surface area contributed by atoms with Crippen LogP contribution in [0.15, 0.2) is 77.5 Å². The zero-order chi connectivity index (χ0) is 26.1. The number of aryl methyl sites for hydroxylation is 1. The predicted molar refractivity (Wildman–Crippen MR) is 151 cm³/mol. The highest BCUT2D eigenvalue weighted by molar-refractivity contribution is 7.98. The molecule has 3 aromatic heterocycles. The molecule has 0 N–H and O–H groups in total. The standard InChI is InChI=1S/C28H23ClN6OS2/c1-18-6-7-22(29)14-24(18)35-26(20-8-11-30-12-9-20)32-33-28(35)38-17-25-31-23(16-37-25)27(36)34-13-10-19-4-2-3-5-21(19)15-34/h2-9,11-12,14,16H,10,13,15,17H2,1H3. The molecular weight excluding hydrogens is 536 g/mol. The number of amides is 1. The number of halogens is 1. The fourth-order valence-electron chi connectivity index (χ4n) is 4.52. The first-order valence-electron chi connectivity index (χ1n) is 12.1. The minimum atomic E-state index is -0.0234. The number of fused-ring (bicyclic) bond motifs is 1. The van der Waals surface area contributed by atoms with Crippen molar-refractivity contribution in [2.24, 2.45) is 0 Å². The quantitative estimate of drug-likeness (QED) is 0.230. The Morgan fingerprint density at radius 1 is 1.08 bits per heavy atom. The molecule has 1 aliphatic heterocycles. The van der Waals surface area contributed by atoms with Crippen LogP contribution in [0.1, 0.15) is 32.2 Å². The molecule has 2 aromatic carbocycles. The third-order valence-corrected chi connectivity index (χ3v) is 8.70. The Morgan fingerprint density at radius 2 is 1.89 bits per heavy atom. The van der Waals surface area contributed by atoms with Gasteiger partial charge in [0.25, 0.3) is 5.91 Å². The van der Waals surface area contributed by atoms with Crippen LogP contribution < -0.4 is 0 Å². The van der Waals surface area contributed by atoms with Gasteiger partial charge in [-0.15, -0.1) is 21.5 Å². The number of thiazole rings is 1. The molecule has 0 fully saturated rings. The molecule has 5 aromatic rings. The minimum Gasteiger partial charge on any atom is -0.333 e. The second kappa shape index (κ2) is 10.7. The highest BCUT2D eigenvalue weighted by Crippen LogP contribution is 2.32. The number of aromatic nitrogens is 5. The number of hydrogen-bond acceptors (Lipinski definition) is 7. The van der Waals surface area contributed by atoms with Crippen LogP contribution in [0.2, 0.25) is 5.02 Å². The fourth-order valence-corrected chi connectivity index (χ4v) is 6.42. The van der Waals surface area contributed by atoms with Crippen LogP contribution in [0.3, 0.4) is 0 Å². The highest BCUT2D eigenvalue weighted by atomic mass is 35.5. The molecule has 0 saturated carbocycles. The number of hydrogen-bond donors (Lipinski definition) is 0. The smallest absolute Gasteiger partial charge is 0.273 e. The Bertz CT molecular complexity index is 1620. The number of benzene rings is 2. The van der Waals surface area contributed by atoms with Crippen LogP contribution in [0.5, 0.6) is 0 Å². The van der Waals surface area contributed by atoms with Crippen molar-refractivity contribution < 1.29 is 4.79 Å². The van der Waals surface area contributed by atoms with Gasteiger partial charge in [0.15, 0.2) is 11.0 Å². The minimum absolute atomic E-state index is 0.0234. The van der Waals surface area contributed by atoms with Crippen molar-refractivity contribution in [2.75, 3.05) is 6.54 Å². The Balaban J connectivity index is 1.23. The van der Waals surface area contributed by atoms with E-state index >= 15 is 0 Å². The largest absolute Gasteiger partial charge is 0.333 e.